The van der Waals surface area contributed by atoms with Gasteiger partial charge in [0.25, 0.3) is 0 Å². The van der Waals surface area contributed by atoms with Crippen LogP contribution in [0.3, 0.4) is 0 Å². The fraction of sp³-hybridized carbons (Fsp3) is 0.625. The Hall–Kier alpha value is -0.860. The van der Waals surface area contributed by atoms with Crippen LogP contribution >= 0.6 is 0 Å². The van der Waals surface area contributed by atoms with Crippen LogP contribution in [0.4, 0.5) is 0 Å². The number of hydrogen-bond acceptors (Lipinski definition) is 2. The SMILES string of the molecule is N[C@@H]1CCC12CCN(CCc1ccccc1)CC2. The summed E-state index contributed by atoms with van der Waals surface area (Å²) in [6.45, 7) is 3.70. The van der Waals surface area contributed by atoms with Crippen LogP contribution in [0.25, 0.3) is 0 Å². The molecule has 1 saturated heterocycles. The van der Waals surface area contributed by atoms with Gasteiger partial charge in [0.1, 0.15) is 0 Å². The maximum absolute atomic E-state index is 6.18. The lowest BCUT2D eigenvalue weighted by Crippen LogP contribution is -2.56. The predicted octanol–water partition coefficient (Wildman–Crippen LogP) is 2.43. The maximum atomic E-state index is 6.18. The lowest BCUT2D eigenvalue weighted by atomic mass is 9.60. The van der Waals surface area contributed by atoms with Gasteiger partial charge in [0, 0.05) is 12.6 Å². The summed E-state index contributed by atoms with van der Waals surface area (Å²) in [5, 5.41) is 0. The van der Waals surface area contributed by atoms with Crippen molar-refractivity contribution in [2.75, 3.05) is 19.6 Å². The molecule has 2 fully saturated rings. The van der Waals surface area contributed by atoms with Crippen molar-refractivity contribution in [1.82, 2.24) is 4.90 Å². The minimum Gasteiger partial charge on any atom is -0.327 e. The Morgan fingerprint density at radius 2 is 1.83 bits per heavy atom. The molecule has 3 rings (SSSR count). The van der Waals surface area contributed by atoms with Crippen molar-refractivity contribution in [2.45, 2.75) is 38.1 Å². The second kappa shape index (κ2) is 5.02. The summed E-state index contributed by atoms with van der Waals surface area (Å²) in [5.74, 6) is 0. The first kappa shape index (κ1) is 12.2. The van der Waals surface area contributed by atoms with Crippen LogP contribution in [0.5, 0.6) is 0 Å². The summed E-state index contributed by atoms with van der Waals surface area (Å²) in [6, 6.07) is 11.3. The smallest absolute Gasteiger partial charge is 0.00967 e. The third-order valence-electron chi connectivity index (χ3n) is 5.15. The molecular formula is C16H24N2. The minimum absolute atomic E-state index is 0.494. The summed E-state index contributed by atoms with van der Waals surface area (Å²) in [7, 11) is 0. The molecule has 2 N–H and O–H groups in total. The summed E-state index contributed by atoms with van der Waals surface area (Å²) in [4.78, 5) is 2.61. The molecule has 1 saturated carbocycles. The molecule has 1 aliphatic carbocycles. The lowest BCUT2D eigenvalue weighted by molar-refractivity contribution is 0.0106. The van der Waals surface area contributed by atoms with Crippen molar-refractivity contribution in [2.24, 2.45) is 11.1 Å². The zero-order valence-corrected chi connectivity index (χ0v) is 11.1. The van der Waals surface area contributed by atoms with Crippen molar-refractivity contribution < 1.29 is 0 Å². The monoisotopic (exact) mass is 244 g/mol. The van der Waals surface area contributed by atoms with Crippen molar-refractivity contribution in [1.29, 1.82) is 0 Å². The molecule has 0 radical (unpaired) electrons. The molecule has 1 atom stereocenters. The first-order chi connectivity index (χ1) is 8.78. The lowest BCUT2D eigenvalue weighted by Gasteiger charge is -2.52. The number of benzene rings is 1. The summed E-state index contributed by atoms with van der Waals surface area (Å²) < 4.78 is 0. The number of likely N-dealkylation sites (tertiary alicyclic amines) is 1. The molecule has 0 aromatic heterocycles. The van der Waals surface area contributed by atoms with Crippen LogP contribution in [0.2, 0.25) is 0 Å². The van der Waals surface area contributed by atoms with E-state index in [0.29, 0.717) is 11.5 Å². The number of nitrogens with two attached hydrogens (primary N) is 1. The van der Waals surface area contributed by atoms with E-state index in [-0.39, 0.29) is 0 Å². The van der Waals surface area contributed by atoms with E-state index in [4.69, 9.17) is 5.73 Å². The van der Waals surface area contributed by atoms with Gasteiger partial charge in [0.15, 0.2) is 0 Å². The first-order valence-corrected chi connectivity index (χ1v) is 7.30. The van der Waals surface area contributed by atoms with E-state index in [1.807, 2.05) is 0 Å². The van der Waals surface area contributed by atoms with Gasteiger partial charge < -0.3 is 10.6 Å². The molecule has 0 bridgehead atoms. The molecule has 18 heavy (non-hydrogen) atoms. The normalized spacial score (nSPS) is 27.1. The summed E-state index contributed by atoms with van der Waals surface area (Å²) >= 11 is 0. The molecule has 1 aromatic carbocycles. The Labute approximate surface area is 110 Å². The van der Waals surface area contributed by atoms with Gasteiger partial charge in [-0.1, -0.05) is 30.3 Å². The van der Waals surface area contributed by atoms with Crippen LogP contribution in [0.15, 0.2) is 30.3 Å². The van der Waals surface area contributed by atoms with Crippen LogP contribution < -0.4 is 5.73 Å². The molecule has 2 heteroatoms. The van der Waals surface area contributed by atoms with E-state index in [1.165, 1.54) is 57.3 Å². The highest BCUT2D eigenvalue weighted by Crippen LogP contribution is 2.47. The quantitative estimate of drug-likeness (QED) is 0.885. The van der Waals surface area contributed by atoms with Gasteiger partial charge in [0.2, 0.25) is 0 Å². The topological polar surface area (TPSA) is 29.3 Å². The maximum Gasteiger partial charge on any atom is 0.00967 e. The van der Waals surface area contributed by atoms with Crippen molar-refractivity contribution >= 4 is 0 Å². The molecular weight excluding hydrogens is 220 g/mol. The summed E-state index contributed by atoms with van der Waals surface area (Å²) in [5.41, 5.74) is 8.17. The van der Waals surface area contributed by atoms with Gasteiger partial charge in [-0.05, 0) is 56.2 Å². The molecule has 0 unspecified atom stereocenters. The zero-order valence-electron chi connectivity index (χ0n) is 11.1. The number of hydrogen-bond donors (Lipinski definition) is 1. The standard InChI is InChI=1S/C16H24N2/c17-15-6-8-16(15)9-12-18(13-10-16)11-7-14-4-2-1-3-5-14/h1-5,15H,6-13,17H2/t15-/m1/s1. The van der Waals surface area contributed by atoms with Gasteiger partial charge in [-0.3, -0.25) is 0 Å². The molecule has 0 amide bonds. The van der Waals surface area contributed by atoms with Crippen LogP contribution in [-0.4, -0.2) is 30.6 Å². The zero-order chi connectivity index (χ0) is 12.4. The average Bonchev–Trinajstić information content (AvgIpc) is 2.45. The molecule has 1 spiro atoms. The third kappa shape index (κ3) is 2.32. The predicted molar refractivity (Wildman–Crippen MR) is 75.5 cm³/mol. The highest BCUT2D eigenvalue weighted by atomic mass is 15.1. The molecule has 1 aliphatic heterocycles. The number of rotatable bonds is 3. The Morgan fingerprint density at radius 1 is 1.11 bits per heavy atom. The van der Waals surface area contributed by atoms with Crippen LogP contribution in [0, 0.1) is 5.41 Å². The molecule has 1 aromatic rings. The summed E-state index contributed by atoms with van der Waals surface area (Å²) in [6.07, 6.45) is 6.45. The van der Waals surface area contributed by atoms with E-state index in [0.717, 1.165) is 0 Å². The van der Waals surface area contributed by atoms with E-state index in [2.05, 4.69) is 35.2 Å². The Bertz CT molecular complexity index is 379. The average molecular weight is 244 g/mol. The second-order valence-corrected chi connectivity index (χ2v) is 6.08. The highest BCUT2D eigenvalue weighted by molar-refractivity contribution is 5.15. The fourth-order valence-electron chi connectivity index (χ4n) is 3.49. The van der Waals surface area contributed by atoms with Crippen LogP contribution in [-0.2, 0) is 6.42 Å². The van der Waals surface area contributed by atoms with Crippen molar-refractivity contribution in [3.63, 3.8) is 0 Å². The minimum atomic E-state index is 0.494. The second-order valence-electron chi connectivity index (χ2n) is 6.08. The molecule has 2 nitrogen and oxygen atoms in total. The molecule has 98 valence electrons. The largest absolute Gasteiger partial charge is 0.327 e. The van der Waals surface area contributed by atoms with Gasteiger partial charge in [-0.2, -0.15) is 0 Å². The Balaban J connectivity index is 1.46. The molecule has 1 heterocycles. The molecule has 2 aliphatic rings. The van der Waals surface area contributed by atoms with Crippen molar-refractivity contribution in [3.8, 4) is 0 Å². The van der Waals surface area contributed by atoms with E-state index < -0.39 is 0 Å². The number of piperidine rings is 1. The third-order valence-corrected chi connectivity index (χ3v) is 5.15. The van der Waals surface area contributed by atoms with E-state index in [9.17, 15) is 0 Å². The van der Waals surface area contributed by atoms with Gasteiger partial charge in [-0.15, -0.1) is 0 Å². The van der Waals surface area contributed by atoms with Gasteiger partial charge in [-0.25, -0.2) is 0 Å². The first-order valence-electron chi connectivity index (χ1n) is 7.30. The van der Waals surface area contributed by atoms with Gasteiger partial charge in [0.05, 0.1) is 0 Å². The van der Waals surface area contributed by atoms with E-state index >= 15 is 0 Å². The Kier molecular flexibility index (Phi) is 3.40. The fourth-order valence-corrected chi connectivity index (χ4v) is 3.49. The van der Waals surface area contributed by atoms with E-state index in [1.54, 1.807) is 0 Å². The number of nitrogens with zero attached hydrogens (tertiary/aromatic N) is 1. The van der Waals surface area contributed by atoms with Gasteiger partial charge >= 0.3 is 0 Å². The highest BCUT2D eigenvalue weighted by Gasteiger charge is 2.45. The van der Waals surface area contributed by atoms with Crippen LogP contribution in [0.1, 0.15) is 31.2 Å². The van der Waals surface area contributed by atoms with Crippen molar-refractivity contribution in [3.05, 3.63) is 35.9 Å². The Morgan fingerprint density at radius 3 is 2.39 bits per heavy atom.